The van der Waals surface area contributed by atoms with E-state index in [2.05, 4.69) is 10.5 Å². The number of ether oxygens (including phenoxy) is 3. The average Bonchev–Trinajstić information content (AvgIpc) is 2.67. The predicted molar refractivity (Wildman–Crippen MR) is 98.6 cm³/mol. The summed E-state index contributed by atoms with van der Waals surface area (Å²) in [6.07, 6.45) is 1.47. The molecule has 0 spiro atoms. The largest absolute Gasteiger partial charge is 0.496 e. The quantitative estimate of drug-likeness (QED) is 0.432. The molecule has 142 valence electrons. The normalized spacial score (nSPS) is 10.5. The van der Waals surface area contributed by atoms with E-state index in [0.29, 0.717) is 28.4 Å². The Balaban J connectivity index is 2.03. The number of nitro groups is 1. The van der Waals surface area contributed by atoms with Crippen LogP contribution in [0.1, 0.15) is 11.1 Å². The first-order valence-electron chi connectivity index (χ1n) is 7.83. The Morgan fingerprint density at radius 1 is 1.07 bits per heavy atom. The van der Waals surface area contributed by atoms with Crippen LogP contribution in [-0.4, -0.2) is 38.4 Å². The lowest BCUT2D eigenvalue weighted by Gasteiger charge is -2.11. The molecule has 0 radical (unpaired) electrons. The number of hydrogen-bond acceptors (Lipinski definition) is 7. The fraction of sp³-hybridized carbons (Fsp3) is 0.222. The van der Waals surface area contributed by atoms with Gasteiger partial charge in [-0.25, -0.2) is 5.43 Å². The van der Waals surface area contributed by atoms with Crippen LogP contribution in [0.25, 0.3) is 0 Å². The first kappa shape index (κ1) is 19.7. The number of methoxy groups -OCH3 is 3. The molecule has 1 N–H and O–H groups in total. The molecule has 2 aromatic carbocycles. The van der Waals surface area contributed by atoms with Crippen LogP contribution >= 0.6 is 0 Å². The standard InChI is InChI=1S/C18H19N3O6/c1-25-15-10-17(27-3)16(26-2)9-13(15)11-19-20-18(22)8-12-4-6-14(7-5-12)21(23)24/h4-7,9-11H,8H2,1-3H3,(H,20,22)/b19-11+. The fourth-order valence-corrected chi connectivity index (χ4v) is 2.29. The number of carbonyl (C=O) groups excluding carboxylic acids is 1. The highest BCUT2D eigenvalue weighted by Crippen LogP contribution is 2.33. The Morgan fingerprint density at radius 3 is 2.22 bits per heavy atom. The van der Waals surface area contributed by atoms with Crippen molar-refractivity contribution in [2.24, 2.45) is 5.10 Å². The van der Waals surface area contributed by atoms with Crippen LogP contribution in [0.5, 0.6) is 17.2 Å². The van der Waals surface area contributed by atoms with Crippen LogP contribution in [0.15, 0.2) is 41.5 Å². The van der Waals surface area contributed by atoms with Gasteiger partial charge in [0.2, 0.25) is 5.91 Å². The van der Waals surface area contributed by atoms with Crippen molar-refractivity contribution in [3.63, 3.8) is 0 Å². The number of rotatable bonds is 8. The Kier molecular flexibility index (Phi) is 6.70. The van der Waals surface area contributed by atoms with Gasteiger partial charge in [0.25, 0.3) is 5.69 Å². The van der Waals surface area contributed by atoms with Gasteiger partial charge in [-0.05, 0) is 11.6 Å². The van der Waals surface area contributed by atoms with E-state index in [4.69, 9.17) is 14.2 Å². The van der Waals surface area contributed by atoms with Gasteiger partial charge in [-0.2, -0.15) is 5.10 Å². The number of hydrogen-bond donors (Lipinski definition) is 1. The summed E-state index contributed by atoms with van der Waals surface area (Å²) in [5.41, 5.74) is 3.60. The van der Waals surface area contributed by atoms with Gasteiger partial charge >= 0.3 is 0 Å². The fourth-order valence-electron chi connectivity index (χ4n) is 2.29. The molecule has 0 aliphatic carbocycles. The van der Waals surface area contributed by atoms with Crippen molar-refractivity contribution in [3.05, 3.63) is 57.6 Å². The van der Waals surface area contributed by atoms with Crippen LogP contribution in [0.2, 0.25) is 0 Å². The summed E-state index contributed by atoms with van der Waals surface area (Å²) in [6.45, 7) is 0. The highest BCUT2D eigenvalue weighted by atomic mass is 16.6. The highest BCUT2D eigenvalue weighted by molar-refractivity contribution is 5.87. The maximum atomic E-state index is 12.0. The second-order valence-electron chi connectivity index (χ2n) is 5.34. The molecule has 2 rings (SSSR count). The van der Waals surface area contributed by atoms with Gasteiger partial charge in [0.1, 0.15) is 5.75 Å². The maximum Gasteiger partial charge on any atom is 0.269 e. The van der Waals surface area contributed by atoms with E-state index < -0.39 is 4.92 Å². The SMILES string of the molecule is COc1cc(OC)c(OC)cc1/C=N/NC(=O)Cc1ccc([N+](=O)[O-])cc1. The zero-order chi connectivity index (χ0) is 19.8. The van der Waals surface area contributed by atoms with Crippen LogP contribution in [0.3, 0.4) is 0 Å². The van der Waals surface area contributed by atoms with E-state index in [1.807, 2.05) is 0 Å². The van der Waals surface area contributed by atoms with Gasteiger partial charge < -0.3 is 14.2 Å². The zero-order valence-electron chi connectivity index (χ0n) is 15.1. The number of nitro benzene ring substituents is 1. The molecule has 0 heterocycles. The molecule has 0 saturated heterocycles. The minimum absolute atomic E-state index is 0.0299. The lowest BCUT2D eigenvalue weighted by atomic mass is 10.1. The van der Waals surface area contributed by atoms with E-state index in [1.165, 1.54) is 51.8 Å². The Morgan fingerprint density at radius 2 is 1.67 bits per heavy atom. The Labute approximate surface area is 155 Å². The molecule has 1 amide bonds. The minimum atomic E-state index is -0.495. The summed E-state index contributed by atoms with van der Waals surface area (Å²) in [6, 6.07) is 9.07. The van der Waals surface area contributed by atoms with Crippen LogP contribution in [-0.2, 0) is 11.2 Å². The molecule has 0 atom stereocenters. The van der Waals surface area contributed by atoms with Gasteiger partial charge in [0.05, 0.1) is 38.9 Å². The van der Waals surface area contributed by atoms with Crippen LogP contribution in [0, 0.1) is 10.1 Å². The number of amides is 1. The molecule has 0 saturated carbocycles. The monoisotopic (exact) mass is 373 g/mol. The minimum Gasteiger partial charge on any atom is -0.496 e. The number of carbonyl (C=O) groups is 1. The van der Waals surface area contributed by atoms with E-state index in [9.17, 15) is 14.9 Å². The number of hydrazone groups is 1. The molecule has 2 aromatic rings. The van der Waals surface area contributed by atoms with E-state index in [-0.39, 0.29) is 18.0 Å². The molecule has 9 nitrogen and oxygen atoms in total. The summed E-state index contributed by atoms with van der Waals surface area (Å²) in [5, 5.41) is 14.5. The molecule has 0 aliphatic rings. The lowest BCUT2D eigenvalue weighted by Crippen LogP contribution is -2.19. The summed E-state index contributed by atoms with van der Waals surface area (Å²) < 4.78 is 15.7. The number of nitrogens with zero attached hydrogens (tertiary/aromatic N) is 2. The second kappa shape index (κ2) is 9.18. The number of non-ortho nitro benzene ring substituents is 1. The molecule has 9 heteroatoms. The third kappa shape index (κ3) is 5.18. The summed E-state index contributed by atoms with van der Waals surface area (Å²) in [5.74, 6) is 1.14. The van der Waals surface area contributed by atoms with E-state index in [0.717, 1.165) is 0 Å². The van der Waals surface area contributed by atoms with Gasteiger partial charge in [-0.1, -0.05) is 12.1 Å². The Bertz CT molecular complexity index is 849. The molecular formula is C18H19N3O6. The molecule has 0 unspecified atom stereocenters. The van der Waals surface area contributed by atoms with E-state index >= 15 is 0 Å². The maximum absolute atomic E-state index is 12.0. The lowest BCUT2D eigenvalue weighted by molar-refractivity contribution is -0.384. The van der Waals surface area contributed by atoms with Crippen LogP contribution in [0.4, 0.5) is 5.69 Å². The summed E-state index contributed by atoms with van der Waals surface area (Å²) in [7, 11) is 4.53. The summed E-state index contributed by atoms with van der Waals surface area (Å²) in [4.78, 5) is 22.1. The first-order chi connectivity index (χ1) is 13.0. The van der Waals surface area contributed by atoms with Crippen LogP contribution < -0.4 is 19.6 Å². The molecule has 27 heavy (non-hydrogen) atoms. The van der Waals surface area contributed by atoms with Crippen molar-refractivity contribution in [2.75, 3.05) is 21.3 Å². The van der Waals surface area contributed by atoms with Crippen molar-refractivity contribution in [3.8, 4) is 17.2 Å². The molecule has 0 bridgehead atoms. The van der Waals surface area contributed by atoms with Crippen molar-refractivity contribution in [1.29, 1.82) is 0 Å². The van der Waals surface area contributed by atoms with Crippen molar-refractivity contribution in [2.45, 2.75) is 6.42 Å². The highest BCUT2D eigenvalue weighted by Gasteiger charge is 2.11. The van der Waals surface area contributed by atoms with Gasteiger partial charge in [-0.3, -0.25) is 14.9 Å². The molecular weight excluding hydrogens is 354 g/mol. The van der Waals surface area contributed by atoms with Crippen molar-refractivity contribution >= 4 is 17.8 Å². The van der Waals surface area contributed by atoms with Crippen molar-refractivity contribution in [1.82, 2.24) is 5.43 Å². The topological polar surface area (TPSA) is 112 Å². The first-order valence-corrected chi connectivity index (χ1v) is 7.83. The van der Waals surface area contributed by atoms with Crippen molar-refractivity contribution < 1.29 is 23.9 Å². The third-order valence-corrected chi connectivity index (χ3v) is 3.64. The molecule has 0 aliphatic heterocycles. The average molecular weight is 373 g/mol. The van der Waals surface area contributed by atoms with Gasteiger partial charge in [0, 0.05) is 23.8 Å². The predicted octanol–water partition coefficient (Wildman–Crippen LogP) is 2.31. The smallest absolute Gasteiger partial charge is 0.269 e. The molecule has 0 fully saturated rings. The number of nitrogens with one attached hydrogen (secondary N) is 1. The zero-order valence-corrected chi connectivity index (χ0v) is 15.1. The third-order valence-electron chi connectivity index (χ3n) is 3.64. The second-order valence-corrected chi connectivity index (χ2v) is 5.34. The Hall–Kier alpha value is -3.62. The molecule has 0 aromatic heterocycles. The van der Waals surface area contributed by atoms with Gasteiger partial charge in [0.15, 0.2) is 11.5 Å². The van der Waals surface area contributed by atoms with E-state index in [1.54, 1.807) is 12.1 Å². The number of benzene rings is 2. The van der Waals surface area contributed by atoms with Gasteiger partial charge in [-0.15, -0.1) is 0 Å². The summed E-state index contributed by atoms with van der Waals surface area (Å²) >= 11 is 0.